The Balaban J connectivity index is 1.62. The summed E-state index contributed by atoms with van der Waals surface area (Å²) in [6.07, 6.45) is 10.3. The monoisotopic (exact) mass is 525 g/mol. The molecule has 0 aromatic carbocycles. The van der Waals surface area contributed by atoms with Crippen molar-refractivity contribution in [2.24, 2.45) is 56.7 Å². The lowest BCUT2D eigenvalue weighted by atomic mass is 9.33. The first-order valence-electron chi connectivity index (χ1n) is 15.2. The van der Waals surface area contributed by atoms with E-state index in [1.165, 1.54) is 38.9 Å². The Kier molecular flexibility index (Phi) is 6.37. The molecule has 0 radical (unpaired) electrons. The van der Waals surface area contributed by atoms with Crippen molar-refractivity contribution in [2.45, 2.75) is 113 Å². The van der Waals surface area contributed by atoms with Crippen molar-refractivity contribution in [2.75, 3.05) is 7.11 Å². The Morgan fingerprint density at radius 3 is 2.26 bits per heavy atom. The van der Waals surface area contributed by atoms with Gasteiger partial charge in [-0.25, -0.2) is 0 Å². The minimum Gasteiger partial charge on any atom is -0.469 e. The van der Waals surface area contributed by atoms with Crippen molar-refractivity contribution in [3.63, 3.8) is 0 Å². The second-order valence-electron chi connectivity index (χ2n) is 15.4. The molecule has 0 heterocycles. The lowest BCUT2D eigenvalue weighted by molar-refractivity contribution is -0.203. The number of carbonyl (C=O) groups excluding carboxylic acids is 3. The van der Waals surface area contributed by atoms with Crippen molar-refractivity contribution in [1.82, 2.24) is 5.32 Å². The number of allylic oxidation sites excluding steroid dienone is 2. The third kappa shape index (κ3) is 3.38. The predicted octanol–water partition coefficient (Wildman–Crippen LogP) is 6.50. The van der Waals surface area contributed by atoms with Gasteiger partial charge in [0.05, 0.1) is 12.5 Å². The Bertz CT molecular complexity index is 1080. The van der Waals surface area contributed by atoms with Crippen LogP contribution in [0, 0.1) is 56.7 Å². The molecule has 0 aliphatic heterocycles. The van der Waals surface area contributed by atoms with Gasteiger partial charge in [0.1, 0.15) is 0 Å². The van der Waals surface area contributed by atoms with Crippen molar-refractivity contribution in [3.8, 4) is 0 Å². The molecule has 1 N–H and O–H groups in total. The molecule has 0 bridgehead atoms. The molecule has 0 aromatic rings. The molecule has 1 amide bonds. The Morgan fingerprint density at radius 2 is 1.63 bits per heavy atom. The number of ether oxygens (including phenoxy) is 1. The number of rotatable bonds is 2. The lowest BCUT2D eigenvalue weighted by Gasteiger charge is -2.70. The van der Waals surface area contributed by atoms with E-state index >= 15 is 0 Å². The van der Waals surface area contributed by atoms with E-state index in [2.05, 4.69) is 52.9 Å². The second-order valence-corrected chi connectivity index (χ2v) is 15.4. The van der Waals surface area contributed by atoms with Gasteiger partial charge in [-0.3, -0.25) is 14.4 Å². The fourth-order valence-corrected chi connectivity index (χ4v) is 11.4. The fourth-order valence-electron chi connectivity index (χ4n) is 11.4. The lowest BCUT2D eigenvalue weighted by Crippen LogP contribution is -2.69. The van der Waals surface area contributed by atoms with Crippen LogP contribution in [0.15, 0.2) is 11.6 Å². The number of hydrogen-bond donors (Lipinski definition) is 1. The number of ketones is 1. The quantitative estimate of drug-likeness (QED) is 0.418. The Hall–Kier alpha value is -1.65. The number of esters is 1. The van der Waals surface area contributed by atoms with E-state index in [4.69, 9.17) is 4.74 Å². The molecule has 11 atom stereocenters. The highest BCUT2D eigenvalue weighted by atomic mass is 16.5. The number of methoxy groups -OCH3 is 1. The van der Waals surface area contributed by atoms with Gasteiger partial charge in [-0.1, -0.05) is 47.1 Å². The molecule has 5 nitrogen and oxygen atoms in total. The van der Waals surface area contributed by atoms with Crippen LogP contribution in [0.5, 0.6) is 0 Å². The highest BCUT2D eigenvalue weighted by molar-refractivity contribution is 5.96. The molecule has 38 heavy (non-hydrogen) atoms. The zero-order valence-electron chi connectivity index (χ0n) is 25.3. The van der Waals surface area contributed by atoms with Gasteiger partial charge in [0, 0.05) is 18.9 Å². The van der Waals surface area contributed by atoms with Crippen molar-refractivity contribution >= 4 is 17.7 Å². The molecule has 0 spiro atoms. The summed E-state index contributed by atoms with van der Waals surface area (Å²) >= 11 is 0. The number of carbonyl (C=O) groups is 3. The van der Waals surface area contributed by atoms with Crippen LogP contribution in [0.1, 0.15) is 107 Å². The fraction of sp³-hybridized carbons (Fsp3) is 0.848. The standard InChI is InChI=1S/C33H51NO4/c1-19-10-13-29(4)16-17-31(6)22(26(29)20(19)2)18-23(36)27-30(5)14-12-25(34-21(3)35)33(8,28(37)38-9)24(30)11-15-32(27,31)7/h18-20,24-27H,10-17H2,1-9H3,(H,34,35)/t19-,20+,24-,25?,26+,27-,29-,30+,31-,32-,33-/m1/s1. The van der Waals surface area contributed by atoms with E-state index in [1.807, 2.05) is 6.92 Å². The highest BCUT2D eigenvalue weighted by Gasteiger charge is 2.72. The second kappa shape index (κ2) is 8.67. The van der Waals surface area contributed by atoms with Crippen LogP contribution in [-0.2, 0) is 19.1 Å². The minimum absolute atomic E-state index is 0.0226. The largest absolute Gasteiger partial charge is 0.469 e. The summed E-state index contributed by atoms with van der Waals surface area (Å²) in [7, 11) is 1.45. The first kappa shape index (κ1) is 27.9. The summed E-state index contributed by atoms with van der Waals surface area (Å²) in [5.74, 6) is 1.45. The van der Waals surface area contributed by atoms with E-state index in [-0.39, 0.29) is 57.2 Å². The average molecular weight is 526 g/mol. The number of hydrogen-bond acceptors (Lipinski definition) is 4. The van der Waals surface area contributed by atoms with Crippen LogP contribution < -0.4 is 5.32 Å². The summed E-state index contributed by atoms with van der Waals surface area (Å²) in [5.41, 5.74) is 0.350. The Labute approximate surface area is 230 Å². The Morgan fingerprint density at radius 1 is 0.947 bits per heavy atom. The molecular weight excluding hydrogens is 474 g/mol. The van der Waals surface area contributed by atoms with E-state index in [1.54, 1.807) is 0 Å². The van der Waals surface area contributed by atoms with E-state index in [9.17, 15) is 14.4 Å². The summed E-state index contributed by atoms with van der Waals surface area (Å²) in [5, 5.41) is 3.09. The maximum atomic E-state index is 14.5. The maximum Gasteiger partial charge on any atom is 0.313 e. The summed E-state index contributed by atoms with van der Waals surface area (Å²) < 4.78 is 5.40. The van der Waals surface area contributed by atoms with Crippen LogP contribution in [0.4, 0.5) is 0 Å². The van der Waals surface area contributed by atoms with Gasteiger partial charge in [0.15, 0.2) is 5.78 Å². The zero-order chi connectivity index (χ0) is 28.1. The third-order valence-corrected chi connectivity index (χ3v) is 13.8. The van der Waals surface area contributed by atoms with Gasteiger partial charge < -0.3 is 10.1 Å². The number of amides is 1. The van der Waals surface area contributed by atoms with Crippen molar-refractivity contribution < 1.29 is 19.1 Å². The van der Waals surface area contributed by atoms with Gasteiger partial charge in [-0.15, -0.1) is 0 Å². The van der Waals surface area contributed by atoms with Crippen LogP contribution in [0.25, 0.3) is 0 Å². The molecule has 5 aliphatic rings. The van der Waals surface area contributed by atoms with Gasteiger partial charge in [0.25, 0.3) is 0 Å². The molecule has 212 valence electrons. The first-order chi connectivity index (χ1) is 17.6. The molecular formula is C33H51NO4. The predicted molar refractivity (Wildman–Crippen MR) is 149 cm³/mol. The van der Waals surface area contributed by atoms with Crippen molar-refractivity contribution in [3.05, 3.63) is 11.6 Å². The molecule has 4 fully saturated rings. The normalized spacial score (nSPS) is 51.9. The molecule has 1 unspecified atom stereocenters. The van der Waals surface area contributed by atoms with E-state index in [0.29, 0.717) is 24.2 Å². The SMILES string of the molecule is COC(=O)[C@@]1(C)C(NC(C)=O)CC[C@@]2(C)[C@H]1CC[C@]1(C)[C@@H]2C(=O)C=C2[C@@H]3[C@@H](C)[C@H](C)CC[C@]3(C)CC[C@]21C. The van der Waals surface area contributed by atoms with Crippen LogP contribution in [-0.4, -0.2) is 30.8 Å². The summed E-state index contributed by atoms with van der Waals surface area (Å²) in [6, 6.07) is -0.282. The van der Waals surface area contributed by atoms with Crippen LogP contribution in [0.3, 0.4) is 0 Å². The zero-order valence-corrected chi connectivity index (χ0v) is 25.3. The topological polar surface area (TPSA) is 72.5 Å². The van der Waals surface area contributed by atoms with Gasteiger partial charge in [-0.2, -0.15) is 0 Å². The average Bonchev–Trinajstić information content (AvgIpc) is 2.84. The first-order valence-corrected chi connectivity index (χ1v) is 15.2. The van der Waals surface area contributed by atoms with Crippen LogP contribution in [0.2, 0.25) is 0 Å². The van der Waals surface area contributed by atoms with Crippen molar-refractivity contribution in [1.29, 1.82) is 0 Å². The smallest absolute Gasteiger partial charge is 0.313 e. The van der Waals surface area contributed by atoms with E-state index < -0.39 is 5.41 Å². The molecule has 5 heteroatoms. The third-order valence-electron chi connectivity index (χ3n) is 13.8. The molecule has 5 aliphatic carbocycles. The van der Waals surface area contributed by atoms with Gasteiger partial charge in [0.2, 0.25) is 5.91 Å². The minimum atomic E-state index is -0.863. The molecule has 4 saturated carbocycles. The van der Waals surface area contributed by atoms with Gasteiger partial charge >= 0.3 is 5.97 Å². The molecule has 0 aromatic heterocycles. The highest BCUT2D eigenvalue weighted by Crippen LogP contribution is 2.75. The maximum absolute atomic E-state index is 14.5. The summed E-state index contributed by atoms with van der Waals surface area (Å²) in [4.78, 5) is 40.1. The van der Waals surface area contributed by atoms with Crippen LogP contribution >= 0.6 is 0 Å². The molecule has 0 saturated heterocycles. The molecule has 5 rings (SSSR count). The van der Waals surface area contributed by atoms with E-state index in [0.717, 1.165) is 25.7 Å². The van der Waals surface area contributed by atoms with Gasteiger partial charge in [-0.05, 0) is 110 Å². The summed E-state index contributed by atoms with van der Waals surface area (Å²) in [6.45, 7) is 18.0. The number of nitrogens with one attached hydrogen (secondary N) is 1. The number of fused-ring (bicyclic) bond motifs is 7.